The summed E-state index contributed by atoms with van der Waals surface area (Å²) in [6.45, 7) is 5.68. The maximum Gasteiger partial charge on any atom is 0.318 e. The second-order valence-corrected chi connectivity index (χ2v) is 5.28. The van der Waals surface area contributed by atoms with E-state index in [-0.39, 0.29) is 0 Å². The molecule has 0 aliphatic carbocycles. The standard InChI is InChI=1S/C12H15Cl2NO/c1-12(2,3)15(11(14)16)10(13)9-7-5-4-6-8-9/h4-8,10H,1-3H3. The summed E-state index contributed by atoms with van der Waals surface area (Å²) in [4.78, 5) is 12.9. The Kier molecular flexibility index (Phi) is 4.22. The van der Waals surface area contributed by atoms with Gasteiger partial charge in [0.25, 0.3) is 0 Å². The first-order chi connectivity index (χ1) is 7.34. The van der Waals surface area contributed by atoms with Crippen molar-refractivity contribution in [3.05, 3.63) is 35.9 Å². The summed E-state index contributed by atoms with van der Waals surface area (Å²) in [6.07, 6.45) is 0. The van der Waals surface area contributed by atoms with Crippen LogP contribution in [0.3, 0.4) is 0 Å². The van der Waals surface area contributed by atoms with Crippen LogP contribution in [-0.2, 0) is 0 Å². The Morgan fingerprint density at radius 1 is 1.25 bits per heavy atom. The van der Waals surface area contributed by atoms with Crippen LogP contribution in [0.2, 0.25) is 0 Å². The van der Waals surface area contributed by atoms with E-state index in [2.05, 4.69) is 0 Å². The van der Waals surface area contributed by atoms with Crippen molar-refractivity contribution < 1.29 is 4.79 Å². The molecule has 16 heavy (non-hydrogen) atoms. The zero-order valence-electron chi connectivity index (χ0n) is 9.58. The highest BCUT2D eigenvalue weighted by molar-refractivity contribution is 6.63. The molecule has 1 atom stereocenters. The first-order valence-electron chi connectivity index (χ1n) is 5.02. The van der Waals surface area contributed by atoms with Gasteiger partial charge in [0, 0.05) is 5.54 Å². The molecule has 1 unspecified atom stereocenters. The maximum absolute atomic E-state index is 11.4. The van der Waals surface area contributed by atoms with E-state index in [0.717, 1.165) is 5.56 Å². The smallest absolute Gasteiger partial charge is 0.304 e. The minimum absolute atomic E-state index is 0.416. The Labute approximate surface area is 106 Å². The van der Waals surface area contributed by atoms with E-state index in [1.807, 2.05) is 51.1 Å². The van der Waals surface area contributed by atoms with Crippen LogP contribution in [0.1, 0.15) is 31.8 Å². The van der Waals surface area contributed by atoms with Crippen LogP contribution in [0.15, 0.2) is 30.3 Å². The number of hydrogen-bond acceptors (Lipinski definition) is 1. The molecule has 0 spiro atoms. The molecule has 2 nitrogen and oxygen atoms in total. The van der Waals surface area contributed by atoms with Crippen LogP contribution in [0.4, 0.5) is 4.79 Å². The van der Waals surface area contributed by atoms with Gasteiger partial charge in [-0.1, -0.05) is 41.9 Å². The first-order valence-corrected chi connectivity index (χ1v) is 5.83. The van der Waals surface area contributed by atoms with Crippen molar-refractivity contribution in [2.24, 2.45) is 0 Å². The van der Waals surface area contributed by atoms with E-state index in [4.69, 9.17) is 23.2 Å². The van der Waals surface area contributed by atoms with E-state index in [9.17, 15) is 4.79 Å². The fourth-order valence-electron chi connectivity index (χ4n) is 1.45. The van der Waals surface area contributed by atoms with E-state index in [0.29, 0.717) is 0 Å². The maximum atomic E-state index is 11.4. The summed E-state index contributed by atoms with van der Waals surface area (Å²) in [6, 6.07) is 9.40. The molecule has 0 N–H and O–H groups in total. The average Bonchev–Trinajstić information content (AvgIpc) is 2.16. The van der Waals surface area contributed by atoms with E-state index >= 15 is 0 Å². The van der Waals surface area contributed by atoms with Crippen molar-refractivity contribution in [1.82, 2.24) is 4.90 Å². The summed E-state index contributed by atoms with van der Waals surface area (Å²) in [5.41, 5.74) is -0.111. The zero-order valence-corrected chi connectivity index (χ0v) is 11.1. The lowest BCUT2D eigenvalue weighted by atomic mass is 10.1. The molecular formula is C12H15Cl2NO. The number of carbonyl (C=O) groups is 1. The highest BCUT2D eigenvalue weighted by Gasteiger charge is 2.31. The molecule has 1 aromatic rings. The molecule has 0 saturated carbocycles. The lowest BCUT2D eigenvalue weighted by Gasteiger charge is -2.37. The van der Waals surface area contributed by atoms with Crippen LogP contribution in [0.25, 0.3) is 0 Å². The molecule has 1 aromatic carbocycles. The Morgan fingerprint density at radius 2 is 1.75 bits per heavy atom. The Balaban J connectivity index is 3.02. The minimum Gasteiger partial charge on any atom is -0.304 e. The summed E-state index contributed by atoms with van der Waals surface area (Å²) < 4.78 is 0. The van der Waals surface area contributed by atoms with Gasteiger partial charge in [-0.25, -0.2) is 0 Å². The van der Waals surface area contributed by atoms with Crippen molar-refractivity contribution in [2.45, 2.75) is 31.8 Å². The van der Waals surface area contributed by atoms with Gasteiger partial charge in [-0.15, -0.1) is 0 Å². The molecular weight excluding hydrogens is 245 g/mol. The van der Waals surface area contributed by atoms with Gasteiger partial charge in [0.2, 0.25) is 0 Å². The quantitative estimate of drug-likeness (QED) is 0.439. The predicted molar refractivity (Wildman–Crippen MR) is 67.9 cm³/mol. The molecule has 0 heterocycles. The lowest BCUT2D eigenvalue weighted by molar-refractivity contribution is 0.155. The van der Waals surface area contributed by atoms with Crippen LogP contribution in [0.5, 0.6) is 0 Å². The average molecular weight is 260 g/mol. The van der Waals surface area contributed by atoms with Gasteiger partial charge in [-0.2, -0.15) is 0 Å². The number of hydrogen-bond donors (Lipinski definition) is 0. The van der Waals surface area contributed by atoms with Gasteiger partial charge in [-0.05, 0) is 37.9 Å². The SMILES string of the molecule is CC(C)(C)N(C(=O)Cl)C(Cl)c1ccccc1. The largest absolute Gasteiger partial charge is 0.318 e. The van der Waals surface area contributed by atoms with Crippen molar-refractivity contribution in [2.75, 3.05) is 0 Å². The summed E-state index contributed by atoms with van der Waals surface area (Å²) >= 11 is 11.8. The summed E-state index contributed by atoms with van der Waals surface area (Å²) in [7, 11) is 0. The summed E-state index contributed by atoms with van der Waals surface area (Å²) in [5, 5.41) is -0.545. The van der Waals surface area contributed by atoms with Crippen molar-refractivity contribution in [1.29, 1.82) is 0 Å². The van der Waals surface area contributed by atoms with E-state index in [1.165, 1.54) is 4.90 Å². The lowest BCUT2D eigenvalue weighted by Crippen LogP contribution is -2.43. The molecule has 1 rings (SSSR count). The number of rotatable bonds is 2. The number of amides is 1. The fraction of sp³-hybridized carbons (Fsp3) is 0.417. The number of alkyl halides is 1. The van der Waals surface area contributed by atoms with Crippen molar-refractivity contribution >= 4 is 28.6 Å². The molecule has 1 amide bonds. The van der Waals surface area contributed by atoms with Crippen LogP contribution in [-0.4, -0.2) is 15.8 Å². The van der Waals surface area contributed by atoms with Crippen LogP contribution < -0.4 is 0 Å². The van der Waals surface area contributed by atoms with E-state index < -0.39 is 16.4 Å². The second kappa shape index (κ2) is 5.07. The minimum atomic E-state index is -0.550. The molecule has 4 heteroatoms. The molecule has 0 radical (unpaired) electrons. The predicted octanol–water partition coefficient (Wildman–Crippen LogP) is 4.38. The zero-order chi connectivity index (χ0) is 12.3. The molecule has 0 saturated heterocycles. The van der Waals surface area contributed by atoms with Crippen molar-refractivity contribution in [3.63, 3.8) is 0 Å². The Bertz CT molecular complexity index is 359. The second-order valence-electron chi connectivity index (χ2n) is 4.54. The third-order valence-corrected chi connectivity index (χ3v) is 2.84. The third kappa shape index (κ3) is 3.13. The summed E-state index contributed by atoms with van der Waals surface area (Å²) in [5.74, 6) is 0. The van der Waals surface area contributed by atoms with Gasteiger partial charge >= 0.3 is 5.37 Å². The first kappa shape index (κ1) is 13.3. The van der Waals surface area contributed by atoms with Gasteiger partial charge in [0.05, 0.1) is 0 Å². The third-order valence-electron chi connectivity index (χ3n) is 2.21. The number of halogens is 2. The monoisotopic (exact) mass is 259 g/mol. The molecule has 0 bridgehead atoms. The van der Waals surface area contributed by atoms with Crippen molar-refractivity contribution in [3.8, 4) is 0 Å². The molecule has 0 aliphatic heterocycles. The Hall–Kier alpha value is -0.730. The molecule has 0 fully saturated rings. The van der Waals surface area contributed by atoms with Gasteiger partial charge in [-0.3, -0.25) is 4.79 Å². The van der Waals surface area contributed by atoms with Crippen LogP contribution >= 0.6 is 23.2 Å². The topological polar surface area (TPSA) is 20.3 Å². The molecule has 0 aliphatic rings. The number of carbonyl (C=O) groups excluding carboxylic acids is 1. The van der Waals surface area contributed by atoms with E-state index in [1.54, 1.807) is 0 Å². The molecule has 0 aromatic heterocycles. The number of benzene rings is 1. The van der Waals surface area contributed by atoms with Gasteiger partial charge < -0.3 is 4.90 Å². The van der Waals surface area contributed by atoms with Gasteiger partial charge in [0.15, 0.2) is 0 Å². The highest BCUT2D eigenvalue weighted by Crippen LogP contribution is 2.32. The van der Waals surface area contributed by atoms with Crippen LogP contribution in [0, 0.1) is 0 Å². The molecule has 88 valence electrons. The normalized spacial score (nSPS) is 13.3. The van der Waals surface area contributed by atoms with Gasteiger partial charge in [0.1, 0.15) is 5.50 Å². The fourth-order valence-corrected chi connectivity index (χ4v) is 2.38. The Morgan fingerprint density at radius 3 is 2.12 bits per heavy atom. The highest BCUT2D eigenvalue weighted by atomic mass is 35.5. The number of nitrogens with zero attached hydrogens (tertiary/aromatic N) is 1.